The zero-order valence-electron chi connectivity index (χ0n) is 9.34. The Morgan fingerprint density at radius 1 is 0.941 bits per heavy atom. The topological polar surface area (TPSA) is 50.2 Å². The zero-order valence-corrected chi connectivity index (χ0v) is 9.34. The molecular weight excluding hydrogens is 214 g/mol. The summed E-state index contributed by atoms with van der Waals surface area (Å²) in [6.07, 6.45) is 4.18. The average molecular weight is 227 g/mol. The molecule has 1 aromatic carbocycles. The molecule has 0 bridgehead atoms. The monoisotopic (exact) mass is 227 g/mol. The van der Waals surface area contributed by atoms with Crippen LogP contribution in [0, 0.1) is 0 Å². The van der Waals surface area contributed by atoms with Crippen LogP contribution in [-0.4, -0.2) is 15.9 Å². The lowest BCUT2D eigenvalue weighted by Crippen LogP contribution is -2.06. The number of benzene rings is 1. The van der Waals surface area contributed by atoms with E-state index in [1.807, 2.05) is 12.1 Å². The maximum Gasteiger partial charge on any atom is 0.141 e. The molecule has 0 aliphatic carbocycles. The maximum absolute atomic E-state index is 11.8. The Balaban J connectivity index is 1.96. The van der Waals surface area contributed by atoms with Crippen molar-refractivity contribution in [3.8, 4) is 5.75 Å². The largest absolute Gasteiger partial charge is 0.508 e. The third-order valence-electron chi connectivity index (χ3n) is 2.49. The number of rotatable bonds is 4. The zero-order chi connectivity index (χ0) is 12.1. The van der Waals surface area contributed by atoms with Crippen LogP contribution in [0.15, 0.2) is 48.8 Å². The van der Waals surface area contributed by atoms with Gasteiger partial charge in [0.2, 0.25) is 0 Å². The summed E-state index contributed by atoms with van der Waals surface area (Å²) in [5.74, 6) is 0.372. The van der Waals surface area contributed by atoms with Gasteiger partial charge in [-0.25, -0.2) is 0 Å². The van der Waals surface area contributed by atoms with Gasteiger partial charge in [-0.1, -0.05) is 12.1 Å². The molecule has 2 rings (SSSR count). The first-order valence-corrected chi connectivity index (χ1v) is 5.42. The summed E-state index contributed by atoms with van der Waals surface area (Å²) >= 11 is 0. The molecule has 0 amide bonds. The number of Topliss-reactive ketones (excluding diaryl/α,β-unsaturated/α-hetero) is 1. The lowest BCUT2D eigenvalue weighted by molar-refractivity contribution is -0.117. The minimum atomic E-state index is 0.155. The summed E-state index contributed by atoms with van der Waals surface area (Å²) in [5, 5.41) is 9.13. The lowest BCUT2D eigenvalue weighted by atomic mass is 10.0. The number of pyridine rings is 1. The Labute approximate surface area is 99.8 Å². The van der Waals surface area contributed by atoms with Gasteiger partial charge in [-0.3, -0.25) is 9.78 Å². The number of carbonyl (C=O) groups excluding carboxylic acids is 1. The molecule has 0 radical (unpaired) electrons. The van der Waals surface area contributed by atoms with Gasteiger partial charge in [0.15, 0.2) is 0 Å². The number of carbonyl (C=O) groups is 1. The first-order chi connectivity index (χ1) is 8.24. The molecule has 0 saturated heterocycles. The Morgan fingerprint density at radius 2 is 1.47 bits per heavy atom. The molecule has 0 aliphatic heterocycles. The third-order valence-corrected chi connectivity index (χ3v) is 2.49. The molecule has 1 N–H and O–H groups in total. The number of hydrogen-bond acceptors (Lipinski definition) is 3. The summed E-state index contributed by atoms with van der Waals surface area (Å²) < 4.78 is 0. The van der Waals surface area contributed by atoms with Gasteiger partial charge in [-0.15, -0.1) is 0 Å². The van der Waals surface area contributed by atoms with Gasteiger partial charge in [0.1, 0.15) is 11.5 Å². The molecule has 0 spiro atoms. The molecule has 1 aromatic heterocycles. The van der Waals surface area contributed by atoms with Gasteiger partial charge in [0, 0.05) is 25.2 Å². The predicted octanol–water partition coefficient (Wildman–Crippen LogP) is 2.14. The molecule has 0 aliphatic rings. The molecule has 3 heteroatoms. The van der Waals surface area contributed by atoms with Gasteiger partial charge in [0.25, 0.3) is 0 Å². The summed E-state index contributed by atoms with van der Waals surface area (Å²) in [7, 11) is 0. The fourth-order valence-corrected chi connectivity index (χ4v) is 1.63. The summed E-state index contributed by atoms with van der Waals surface area (Å²) in [5.41, 5.74) is 1.89. The van der Waals surface area contributed by atoms with Gasteiger partial charge in [-0.2, -0.15) is 0 Å². The Hall–Kier alpha value is -2.16. The number of hydrogen-bond donors (Lipinski definition) is 1. The van der Waals surface area contributed by atoms with Crippen molar-refractivity contribution in [2.24, 2.45) is 0 Å². The quantitative estimate of drug-likeness (QED) is 0.870. The van der Waals surface area contributed by atoms with Crippen LogP contribution in [0.3, 0.4) is 0 Å². The minimum Gasteiger partial charge on any atom is -0.508 e. The number of nitrogens with zero attached hydrogens (tertiary/aromatic N) is 1. The SMILES string of the molecule is O=C(Cc1ccncc1)Cc1ccc(O)cc1. The van der Waals surface area contributed by atoms with Crippen LogP contribution in [-0.2, 0) is 17.6 Å². The third kappa shape index (κ3) is 3.41. The van der Waals surface area contributed by atoms with Crippen LogP contribution < -0.4 is 0 Å². The number of phenols is 1. The van der Waals surface area contributed by atoms with Gasteiger partial charge >= 0.3 is 0 Å². The van der Waals surface area contributed by atoms with Crippen molar-refractivity contribution in [2.75, 3.05) is 0 Å². The molecular formula is C14H13NO2. The number of aromatic nitrogens is 1. The van der Waals surface area contributed by atoms with Crippen LogP contribution >= 0.6 is 0 Å². The van der Waals surface area contributed by atoms with Crippen LogP contribution in [0.5, 0.6) is 5.75 Å². The van der Waals surface area contributed by atoms with Crippen molar-refractivity contribution in [3.63, 3.8) is 0 Å². The highest BCUT2D eigenvalue weighted by Crippen LogP contribution is 2.11. The average Bonchev–Trinajstić information content (AvgIpc) is 2.33. The van der Waals surface area contributed by atoms with Crippen LogP contribution in [0.25, 0.3) is 0 Å². The fourth-order valence-electron chi connectivity index (χ4n) is 1.63. The van der Waals surface area contributed by atoms with E-state index in [1.165, 1.54) is 0 Å². The molecule has 2 aromatic rings. The van der Waals surface area contributed by atoms with E-state index in [0.717, 1.165) is 11.1 Å². The predicted molar refractivity (Wildman–Crippen MR) is 64.8 cm³/mol. The molecule has 0 fully saturated rings. The Morgan fingerprint density at radius 3 is 2.06 bits per heavy atom. The summed E-state index contributed by atoms with van der Waals surface area (Å²) in [6, 6.07) is 10.4. The van der Waals surface area contributed by atoms with Crippen molar-refractivity contribution < 1.29 is 9.90 Å². The van der Waals surface area contributed by atoms with Crippen molar-refractivity contribution in [2.45, 2.75) is 12.8 Å². The first kappa shape index (κ1) is 11.3. The Bertz CT molecular complexity index is 491. The second-order valence-corrected chi connectivity index (χ2v) is 3.91. The van der Waals surface area contributed by atoms with Crippen molar-refractivity contribution in [1.29, 1.82) is 0 Å². The molecule has 0 saturated carbocycles. The highest BCUT2D eigenvalue weighted by molar-refractivity contribution is 5.83. The van der Waals surface area contributed by atoms with Gasteiger partial charge < -0.3 is 5.11 Å². The summed E-state index contributed by atoms with van der Waals surface area (Å²) in [6.45, 7) is 0. The maximum atomic E-state index is 11.8. The first-order valence-electron chi connectivity index (χ1n) is 5.42. The van der Waals surface area contributed by atoms with E-state index in [2.05, 4.69) is 4.98 Å². The lowest BCUT2D eigenvalue weighted by Gasteiger charge is -2.02. The number of aromatic hydroxyl groups is 1. The van der Waals surface area contributed by atoms with E-state index >= 15 is 0 Å². The van der Waals surface area contributed by atoms with Crippen LogP contribution in [0.1, 0.15) is 11.1 Å². The highest BCUT2D eigenvalue weighted by atomic mass is 16.3. The van der Waals surface area contributed by atoms with E-state index in [9.17, 15) is 4.79 Å². The molecule has 0 atom stereocenters. The highest BCUT2D eigenvalue weighted by Gasteiger charge is 2.05. The second-order valence-electron chi connectivity index (χ2n) is 3.91. The number of ketones is 1. The Kier molecular flexibility index (Phi) is 3.50. The second kappa shape index (κ2) is 5.25. The summed E-state index contributed by atoms with van der Waals surface area (Å²) in [4.78, 5) is 15.7. The van der Waals surface area contributed by atoms with E-state index in [4.69, 9.17) is 5.11 Å². The van der Waals surface area contributed by atoms with E-state index in [1.54, 1.807) is 36.7 Å². The normalized spacial score (nSPS) is 10.1. The van der Waals surface area contributed by atoms with Crippen molar-refractivity contribution in [3.05, 3.63) is 59.9 Å². The molecule has 17 heavy (non-hydrogen) atoms. The van der Waals surface area contributed by atoms with Gasteiger partial charge in [0.05, 0.1) is 0 Å². The molecule has 3 nitrogen and oxygen atoms in total. The van der Waals surface area contributed by atoms with Gasteiger partial charge in [-0.05, 0) is 35.4 Å². The van der Waals surface area contributed by atoms with Crippen molar-refractivity contribution in [1.82, 2.24) is 4.98 Å². The number of phenolic OH excluding ortho intramolecular Hbond substituents is 1. The minimum absolute atomic E-state index is 0.155. The van der Waals surface area contributed by atoms with E-state index in [-0.39, 0.29) is 11.5 Å². The smallest absolute Gasteiger partial charge is 0.141 e. The van der Waals surface area contributed by atoms with Crippen LogP contribution in [0.2, 0.25) is 0 Å². The van der Waals surface area contributed by atoms with Crippen LogP contribution in [0.4, 0.5) is 0 Å². The van der Waals surface area contributed by atoms with E-state index < -0.39 is 0 Å². The fraction of sp³-hybridized carbons (Fsp3) is 0.143. The molecule has 86 valence electrons. The molecule has 1 heterocycles. The standard InChI is InChI=1S/C14H13NO2/c16-13-3-1-11(2-4-13)9-14(17)10-12-5-7-15-8-6-12/h1-8,16H,9-10H2. The van der Waals surface area contributed by atoms with E-state index in [0.29, 0.717) is 12.8 Å². The van der Waals surface area contributed by atoms with Crippen molar-refractivity contribution >= 4 is 5.78 Å². The molecule has 0 unspecified atom stereocenters.